The van der Waals surface area contributed by atoms with Crippen molar-refractivity contribution in [3.8, 4) is 0 Å². The number of fused-ring (bicyclic) bond motifs is 1. The zero-order valence-corrected chi connectivity index (χ0v) is 8.17. The Morgan fingerprint density at radius 3 is 2.86 bits per heavy atom. The highest BCUT2D eigenvalue weighted by atomic mass is 32.1. The number of carboxylic acid groups (broad SMARTS) is 1. The maximum Gasteiger partial charge on any atom is 0.335 e. The van der Waals surface area contributed by atoms with Crippen LogP contribution in [0.3, 0.4) is 0 Å². The van der Waals surface area contributed by atoms with Crippen LogP contribution in [0.15, 0.2) is 23.0 Å². The summed E-state index contributed by atoms with van der Waals surface area (Å²) in [6, 6.07) is 4.56. The van der Waals surface area contributed by atoms with Crippen LogP contribution in [0.5, 0.6) is 0 Å². The first kappa shape index (κ1) is 8.96. The first-order chi connectivity index (χ1) is 6.59. The molecule has 1 heterocycles. The Labute approximate surface area is 83.2 Å². The van der Waals surface area contributed by atoms with Crippen molar-refractivity contribution in [3.05, 3.63) is 33.3 Å². The lowest BCUT2D eigenvalue weighted by atomic mass is 10.1. The van der Waals surface area contributed by atoms with Gasteiger partial charge in [0, 0.05) is 7.05 Å². The minimum Gasteiger partial charge on any atom is -0.478 e. The van der Waals surface area contributed by atoms with Crippen molar-refractivity contribution < 1.29 is 9.90 Å². The summed E-state index contributed by atoms with van der Waals surface area (Å²) in [4.78, 5) is 22.0. The van der Waals surface area contributed by atoms with Gasteiger partial charge in [-0.1, -0.05) is 0 Å². The van der Waals surface area contributed by atoms with Crippen LogP contribution >= 0.6 is 11.5 Å². The molecule has 0 amide bonds. The van der Waals surface area contributed by atoms with E-state index in [0.29, 0.717) is 5.39 Å². The summed E-state index contributed by atoms with van der Waals surface area (Å²) in [7, 11) is 1.77. The highest BCUT2D eigenvalue weighted by molar-refractivity contribution is 7.05. The Kier molecular flexibility index (Phi) is 1.89. The summed E-state index contributed by atoms with van der Waals surface area (Å²) in [6.07, 6.45) is 0. The molecule has 0 aliphatic rings. The molecular formula is C9H7NO3S. The molecule has 0 saturated carbocycles. The van der Waals surface area contributed by atoms with Gasteiger partial charge in [-0.25, -0.2) is 4.79 Å². The Morgan fingerprint density at radius 2 is 2.21 bits per heavy atom. The van der Waals surface area contributed by atoms with E-state index >= 15 is 0 Å². The fourth-order valence-corrected chi connectivity index (χ4v) is 2.10. The number of aromatic nitrogens is 1. The molecule has 0 saturated heterocycles. The smallest absolute Gasteiger partial charge is 0.335 e. The van der Waals surface area contributed by atoms with Gasteiger partial charge in [-0.15, -0.1) is 0 Å². The van der Waals surface area contributed by atoms with Crippen LogP contribution in [0.2, 0.25) is 0 Å². The third-order valence-electron chi connectivity index (χ3n) is 2.02. The number of rotatable bonds is 1. The molecule has 5 heteroatoms. The molecule has 0 atom stereocenters. The molecule has 2 aromatic rings. The summed E-state index contributed by atoms with van der Waals surface area (Å²) >= 11 is 1.07. The molecule has 4 nitrogen and oxygen atoms in total. The second-order valence-electron chi connectivity index (χ2n) is 2.91. The van der Waals surface area contributed by atoms with E-state index in [9.17, 15) is 9.59 Å². The fourth-order valence-electron chi connectivity index (χ4n) is 1.33. The predicted octanol–water partition coefficient (Wildman–Crippen LogP) is 1.30. The quantitative estimate of drug-likeness (QED) is 0.770. The lowest BCUT2D eigenvalue weighted by Crippen LogP contribution is -1.97. The maximum atomic E-state index is 11.4. The van der Waals surface area contributed by atoms with Gasteiger partial charge in [0.1, 0.15) is 0 Å². The van der Waals surface area contributed by atoms with E-state index in [4.69, 9.17) is 5.11 Å². The largest absolute Gasteiger partial charge is 0.478 e. The van der Waals surface area contributed by atoms with Gasteiger partial charge in [-0.05, 0) is 29.7 Å². The molecule has 2 rings (SSSR count). The van der Waals surface area contributed by atoms with Gasteiger partial charge in [-0.2, -0.15) is 0 Å². The van der Waals surface area contributed by atoms with Gasteiger partial charge < -0.3 is 5.11 Å². The van der Waals surface area contributed by atoms with E-state index in [1.165, 1.54) is 12.1 Å². The van der Waals surface area contributed by atoms with Crippen molar-refractivity contribution in [3.63, 3.8) is 0 Å². The predicted molar refractivity (Wildman–Crippen MR) is 54.0 cm³/mol. The van der Waals surface area contributed by atoms with Crippen molar-refractivity contribution in [1.29, 1.82) is 0 Å². The Bertz CT molecular complexity index is 567. The van der Waals surface area contributed by atoms with Gasteiger partial charge in [-0.3, -0.25) is 8.75 Å². The first-order valence-electron chi connectivity index (χ1n) is 3.93. The number of benzene rings is 1. The van der Waals surface area contributed by atoms with E-state index in [0.717, 1.165) is 17.0 Å². The van der Waals surface area contributed by atoms with Crippen LogP contribution in [0.25, 0.3) is 10.9 Å². The van der Waals surface area contributed by atoms with E-state index in [1.807, 2.05) is 0 Å². The van der Waals surface area contributed by atoms with Gasteiger partial charge in [0.15, 0.2) is 0 Å². The molecule has 0 radical (unpaired) electrons. The maximum absolute atomic E-state index is 11.4. The molecule has 72 valence electrons. The number of carbonyl (C=O) groups is 1. The third-order valence-corrected chi connectivity index (χ3v) is 2.88. The minimum absolute atomic E-state index is 0.106. The lowest BCUT2D eigenvalue weighted by molar-refractivity contribution is 0.0697. The molecule has 14 heavy (non-hydrogen) atoms. The molecule has 1 aromatic heterocycles. The third kappa shape index (κ3) is 1.22. The zero-order valence-electron chi connectivity index (χ0n) is 7.35. The highest BCUT2D eigenvalue weighted by Gasteiger charge is 2.08. The molecule has 0 fully saturated rings. The van der Waals surface area contributed by atoms with Gasteiger partial charge in [0.2, 0.25) is 0 Å². The van der Waals surface area contributed by atoms with Crippen LogP contribution in [-0.2, 0) is 7.05 Å². The minimum atomic E-state index is -1.01. The van der Waals surface area contributed by atoms with E-state index < -0.39 is 5.97 Å². The Morgan fingerprint density at radius 1 is 1.50 bits per heavy atom. The van der Waals surface area contributed by atoms with Crippen molar-refractivity contribution in [2.75, 3.05) is 0 Å². The molecular weight excluding hydrogens is 202 g/mol. The zero-order chi connectivity index (χ0) is 10.3. The van der Waals surface area contributed by atoms with Crippen LogP contribution in [0.4, 0.5) is 0 Å². The van der Waals surface area contributed by atoms with Gasteiger partial charge in [0.25, 0.3) is 4.74 Å². The summed E-state index contributed by atoms with van der Waals surface area (Å²) in [6.45, 7) is 0. The summed E-state index contributed by atoms with van der Waals surface area (Å²) in [5.41, 5.74) is 0.915. The van der Waals surface area contributed by atoms with E-state index in [2.05, 4.69) is 0 Å². The van der Waals surface area contributed by atoms with E-state index in [1.54, 1.807) is 17.1 Å². The van der Waals surface area contributed by atoms with Crippen molar-refractivity contribution in [2.24, 2.45) is 7.05 Å². The monoisotopic (exact) mass is 209 g/mol. The van der Waals surface area contributed by atoms with Crippen molar-refractivity contribution >= 4 is 28.4 Å². The molecule has 0 aliphatic carbocycles. The summed E-state index contributed by atoms with van der Waals surface area (Å²) < 4.78 is 1.62. The van der Waals surface area contributed by atoms with Crippen LogP contribution in [0.1, 0.15) is 10.4 Å². The average molecular weight is 209 g/mol. The number of hydrogen-bond donors (Lipinski definition) is 1. The summed E-state index contributed by atoms with van der Waals surface area (Å²) in [5.74, 6) is -1.01. The molecule has 0 aliphatic heterocycles. The molecule has 0 bridgehead atoms. The van der Waals surface area contributed by atoms with Crippen molar-refractivity contribution in [1.82, 2.24) is 3.96 Å². The number of hydrogen-bond acceptors (Lipinski definition) is 3. The highest BCUT2D eigenvalue weighted by Crippen LogP contribution is 2.14. The van der Waals surface area contributed by atoms with E-state index in [-0.39, 0.29) is 10.3 Å². The standard InChI is InChI=1S/C9H7NO3S/c1-10-7-3-2-5(8(11)12)4-6(7)9(13)14-10/h2-4H,1H3,(H,11,12). The SMILES string of the molecule is Cn1sc(=O)c2cc(C(=O)O)ccc21. The average Bonchev–Trinajstić information content (AvgIpc) is 2.42. The van der Waals surface area contributed by atoms with Gasteiger partial charge >= 0.3 is 5.97 Å². The number of nitrogens with zero attached hydrogens (tertiary/aromatic N) is 1. The molecule has 1 aromatic carbocycles. The second kappa shape index (κ2) is 2.95. The normalized spacial score (nSPS) is 10.6. The van der Waals surface area contributed by atoms with Gasteiger partial charge in [0.05, 0.1) is 16.5 Å². The Balaban J connectivity index is 2.84. The Hall–Kier alpha value is -1.62. The first-order valence-corrected chi connectivity index (χ1v) is 4.70. The van der Waals surface area contributed by atoms with Crippen LogP contribution < -0.4 is 4.74 Å². The second-order valence-corrected chi connectivity index (χ2v) is 4.01. The molecule has 1 N–H and O–H groups in total. The topological polar surface area (TPSA) is 59.3 Å². The number of aryl methyl sites for hydroxylation is 1. The van der Waals surface area contributed by atoms with Crippen LogP contribution in [-0.4, -0.2) is 15.0 Å². The molecule has 0 spiro atoms. The van der Waals surface area contributed by atoms with Crippen molar-refractivity contribution in [2.45, 2.75) is 0 Å². The fraction of sp³-hybridized carbons (Fsp3) is 0.111. The van der Waals surface area contributed by atoms with Crippen LogP contribution in [0, 0.1) is 0 Å². The number of aromatic carboxylic acids is 1. The summed E-state index contributed by atoms with van der Waals surface area (Å²) in [5, 5.41) is 9.21. The number of carboxylic acids is 1. The molecule has 0 unspecified atom stereocenters. The lowest BCUT2D eigenvalue weighted by Gasteiger charge is -1.95.